The van der Waals surface area contributed by atoms with E-state index < -0.39 is 0 Å². The third-order valence-corrected chi connectivity index (χ3v) is 2.83. The average Bonchev–Trinajstić information content (AvgIpc) is 2.25. The molecular weight excluding hydrogens is 212 g/mol. The van der Waals surface area contributed by atoms with Crippen LogP contribution in [0.15, 0.2) is 18.3 Å². The van der Waals surface area contributed by atoms with Gasteiger partial charge in [-0.3, -0.25) is 9.69 Å². The SMILES string of the molecule is O=C1CCN(Cc2ccc(Cl)nc2)CC1. The van der Waals surface area contributed by atoms with E-state index in [9.17, 15) is 4.79 Å². The highest BCUT2D eigenvalue weighted by Gasteiger charge is 2.15. The van der Waals surface area contributed by atoms with Crippen molar-refractivity contribution in [3.63, 3.8) is 0 Å². The molecule has 1 aromatic heterocycles. The quantitative estimate of drug-likeness (QED) is 0.720. The summed E-state index contributed by atoms with van der Waals surface area (Å²) in [5.41, 5.74) is 1.15. The minimum atomic E-state index is 0.375. The van der Waals surface area contributed by atoms with Gasteiger partial charge in [-0.25, -0.2) is 4.98 Å². The molecule has 1 fully saturated rings. The summed E-state index contributed by atoms with van der Waals surface area (Å²) in [4.78, 5) is 17.4. The van der Waals surface area contributed by atoms with E-state index in [2.05, 4.69) is 9.88 Å². The third kappa shape index (κ3) is 3.01. The number of piperidine rings is 1. The van der Waals surface area contributed by atoms with Gasteiger partial charge in [-0.2, -0.15) is 0 Å². The van der Waals surface area contributed by atoms with Gasteiger partial charge in [0.15, 0.2) is 0 Å². The van der Waals surface area contributed by atoms with Gasteiger partial charge >= 0.3 is 0 Å². The first kappa shape index (κ1) is 10.6. The Morgan fingerprint density at radius 3 is 2.67 bits per heavy atom. The van der Waals surface area contributed by atoms with Crippen LogP contribution in [-0.4, -0.2) is 28.8 Å². The van der Waals surface area contributed by atoms with Crippen molar-refractivity contribution in [3.05, 3.63) is 29.0 Å². The number of hydrogen-bond donors (Lipinski definition) is 0. The van der Waals surface area contributed by atoms with Crippen molar-refractivity contribution in [2.75, 3.05) is 13.1 Å². The van der Waals surface area contributed by atoms with E-state index in [1.807, 2.05) is 6.07 Å². The van der Waals surface area contributed by atoms with Gasteiger partial charge in [-0.15, -0.1) is 0 Å². The first-order valence-corrected chi connectivity index (χ1v) is 5.46. The van der Waals surface area contributed by atoms with Crippen LogP contribution in [0, 0.1) is 0 Å². The highest BCUT2D eigenvalue weighted by Crippen LogP contribution is 2.11. The van der Waals surface area contributed by atoms with Crippen LogP contribution < -0.4 is 0 Å². The maximum atomic E-state index is 11.0. The molecule has 1 saturated heterocycles. The van der Waals surface area contributed by atoms with Crippen LogP contribution in [0.3, 0.4) is 0 Å². The highest BCUT2D eigenvalue weighted by molar-refractivity contribution is 6.29. The van der Waals surface area contributed by atoms with E-state index in [-0.39, 0.29) is 0 Å². The van der Waals surface area contributed by atoms with Crippen molar-refractivity contribution in [2.45, 2.75) is 19.4 Å². The van der Waals surface area contributed by atoms with Crippen LogP contribution >= 0.6 is 11.6 Å². The summed E-state index contributed by atoms with van der Waals surface area (Å²) >= 11 is 5.70. The zero-order valence-corrected chi connectivity index (χ0v) is 9.20. The van der Waals surface area contributed by atoms with Crippen LogP contribution in [0.25, 0.3) is 0 Å². The fraction of sp³-hybridized carbons (Fsp3) is 0.455. The van der Waals surface area contributed by atoms with Crippen molar-refractivity contribution < 1.29 is 4.79 Å². The molecule has 0 atom stereocenters. The van der Waals surface area contributed by atoms with E-state index in [0.29, 0.717) is 23.8 Å². The summed E-state index contributed by atoms with van der Waals surface area (Å²) in [6.07, 6.45) is 3.15. The van der Waals surface area contributed by atoms with Crippen LogP contribution in [0.1, 0.15) is 18.4 Å². The third-order valence-electron chi connectivity index (χ3n) is 2.61. The zero-order chi connectivity index (χ0) is 10.7. The van der Waals surface area contributed by atoms with Gasteiger partial charge in [0.25, 0.3) is 0 Å². The lowest BCUT2D eigenvalue weighted by Gasteiger charge is -2.25. The van der Waals surface area contributed by atoms with E-state index in [1.165, 1.54) is 0 Å². The molecule has 0 N–H and O–H groups in total. The molecule has 1 aliphatic rings. The average molecular weight is 225 g/mol. The maximum absolute atomic E-state index is 11.0. The number of carbonyl (C=O) groups is 1. The number of aromatic nitrogens is 1. The summed E-state index contributed by atoms with van der Waals surface area (Å²) in [6, 6.07) is 3.78. The molecule has 80 valence electrons. The molecule has 0 saturated carbocycles. The van der Waals surface area contributed by atoms with Gasteiger partial charge in [0.2, 0.25) is 0 Å². The van der Waals surface area contributed by atoms with Crippen molar-refractivity contribution in [1.29, 1.82) is 0 Å². The van der Waals surface area contributed by atoms with Gasteiger partial charge in [0.05, 0.1) is 0 Å². The van der Waals surface area contributed by atoms with Crippen molar-refractivity contribution in [2.24, 2.45) is 0 Å². The van der Waals surface area contributed by atoms with Gasteiger partial charge in [-0.05, 0) is 11.6 Å². The van der Waals surface area contributed by atoms with Crippen LogP contribution in [0.2, 0.25) is 5.15 Å². The molecule has 3 nitrogen and oxygen atoms in total. The number of carbonyl (C=O) groups excluding carboxylic acids is 1. The Kier molecular flexibility index (Phi) is 3.34. The Hall–Kier alpha value is -0.930. The minimum Gasteiger partial charge on any atom is -0.300 e. The number of rotatable bonds is 2. The summed E-state index contributed by atoms with van der Waals surface area (Å²) < 4.78 is 0. The molecule has 2 rings (SSSR count). The normalized spacial score (nSPS) is 18.1. The molecule has 0 amide bonds. The standard InChI is InChI=1S/C11H13ClN2O/c12-11-2-1-9(7-13-11)8-14-5-3-10(15)4-6-14/h1-2,7H,3-6,8H2. The zero-order valence-electron chi connectivity index (χ0n) is 8.45. The maximum Gasteiger partial charge on any atom is 0.135 e. The topological polar surface area (TPSA) is 33.2 Å². The fourth-order valence-corrected chi connectivity index (χ4v) is 1.83. The molecule has 1 aliphatic heterocycles. The van der Waals surface area contributed by atoms with Crippen molar-refractivity contribution in [3.8, 4) is 0 Å². The Balaban J connectivity index is 1.91. The van der Waals surface area contributed by atoms with Crippen LogP contribution in [0.5, 0.6) is 0 Å². The molecule has 0 unspecified atom stereocenters. The monoisotopic (exact) mass is 224 g/mol. The molecule has 0 bridgehead atoms. The number of halogens is 1. The fourth-order valence-electron chi connectivity index (χ4n) is 1.72. The highest BCUT2D eigenvalue weighted by atomic mass is 35.5. The van der Waals surface area contributed by atoms with Crippen LogP contribution in [-0.2, 0) is 11.3 Å². The molecule has 0 aromatic carbocycles. The lowest BCUT2D eigenvalue weighted by atomic mass is 10.1. The molecule has 0 radical (unpaired) electrons. The minimum absolute atomic E-state index is 0.375. The van der Waals surface area contributed by atoms with Gasteiger partial charge in [0, 0.05) is 38.7 Å². The smallest absolute Gasteiger partial charge is 0.135 e. The second kappa shape index (κ2) is 4.73. The van der Waals surface area contributed by atoms with Gasteiger partial charge < -0.3 is 0 Å². The summed E-state index contributed by atoms with van der Waals surface area (Å²) in [5, 5.41) is 0.521. The molecular formula is C11H13ClN2O. The van der Waals surface area contributed by atoms with E-state index in [0.717, 1.165) is 25.2 Å². The number of likely N-dealkylation sites (tertiary alicyclic amines) is 1. The number of hydrogen-bond acceptors (Lipinski definition) is 3. The second-order valence-electron chi connectivity index (χ2n) is 3.80. The van der Waals surface area contributed by atoms with Crippen molar-refractivity contribution >= 4 is 17.4 Å². The second-order valence-corrected chi connectivity index (χ2v) is 4.19. The molecule has 0 spiro atoms. The Labute approximate surface area is 94.1 Å². The van der Waals surface area contributed by atoms with Crippen molar-refractivity contribution in [1.82, 2.24) is 9.88 Å². The lowest BCUT2D eigenvalue weighted by molar-refractivity contribution is -0.121. The Bertz CT molecular complexity index is 340. The number of Topliss-reactive ketones (excluding diaryl/α,β-unsaturated/α-hetero) is 1. The van der Waals surface area contributed by atoms with Crippen LogP contribution in [0.4, 0.5) is 0 Å². The first-order chi connectivity index (χ1) is 7.24. The van der Waals surface area contributed by atoms with Gasteiger partial charge in [-0.1, -0.05) is 17.7 Å². The first-order valence-electron chi connectivity index (χ1n) is 5.08. The van der Waals surface area contributed by atoms with E-state index in [1.54, 1.807) is 12.3 Å². The Morgan fingerprint density at radius 2 is 2.07 bits per heavy atom. The number of nitrogens with zero attached hydrogens (tertiary/aromatic N) is 2. The molecule has 1 aromatic rings. The lowest BCUT2D eigenvalue weighted by Crippen LogP contribution is -2.33. The summed E-state index contributed by atoms with van der Waals surface area (Å²) in [6.45, 7) is 2.58. The van der Waals surface area contributed by atoms with E-state index in [4.69, 9.17) is 11.6 Å². The molecule has 4 heteroatoms. The molecule has 15 heavy (non-hydrogen) atoms. The predicted octanol–water partition coefficient (Wildman–Crippen LogP) is 1.90. The Morgan fingerprint density at radius 1 is 1.33 bits per heavy atom. The molecule has 0 aliphatic carbocycles. The largest absolute Gasteiger partial charge is 0.300 e. The van der Waals surface area contributed by atoms with Gasteiger partial charge in [0.1, 0.15) is 10.9 Å². The molecule has 2 heterocycles. The van der Waals surface area contributed by atoms with E-state index >= 15 is 0 Å². The summed E-state index contributed by atoms with van der Waals surface area (Å²) in [5.74, 6) is 0.375. The number of pyridine rings is 1. The summed E-state index contributed by atoms with van der Waals surface area (Å²) in [7, 11) is 0. The predicted molar refractivity (Wildman–Crippen MR) is 58.8 cm³/mol. The number of ketones is 1.